The van der Waals surface area contributed by atoms with Crippen molar-refractivity contribution in [2.75, 3.05) is 6.26 Å². The summed E-state index contributed by atoms with van der Waals surface area (Å²) in [5.41, 5.74) is 0. The molecule has 0 unspecified atom stereocenters. The Morgan fingerprint density at radius 3 is 1.94 bits per heavy atom. The third kappa shape index (κ3) is 3.23. The quantitative estimate of drug-likeness (QED) is 0.574. The lowest BCUT2D eigenvalue weighted by molar-refractivity contribution is -0.138. The lowest BCUT2D eigenvalue weighted by atomic mass is 10.3. The van der Waals surface area contributed by atoms with Crippen LogP contribution in [0.15, 0.2) is 9.81 Å². The first-order valence-electron chi connectivity index (χ1n) is 5.39. The highest BCUT2D eigenvalue weighted by Crippen LogP contribution is 2.42. The Balaban J connectivity index is 3.07. The molecule has 1 aliphatic heterocycles. The van der Waals surface area contributed by atoms with Crippen molar-refractivity contribution in [3.8, 4) is 0 Å². The Kier molecular flexibility index (Phi) is 5.47. The molecule has 0 saturated heterocycles. The fraction of sp³-hybridized carbons (Fsp3) is 0.636. The molecule has 0 fully saturated rings. The number of carbonyl (C=O) groups excluding carboxylic acids is 2. The van der Waals surface area contributed by atoms with Crippen LogP contribution in [0.4, 0.5) is 0 Å². The minimum absolute atomic E-state index is 0.0854. The summed E-state index contributed by atoms with van der Waals surface area (Å²) in [5.74, 6) is -0.284. The molecule has 0 atom stereocenters. The van der Waals surface area contributed by atoms with Crippen LogP contribution in [0.2, 0.25) is 0 Å². The fourth-order valence-corrected chi connectivity index (χ4v) is 4.23. The van der Waals surface area contributed by atoms with E-state index in [-0.39, 0.29) is 17.9 Å². The Bertz CT molecular complexity index is 364. The standard InChI is InChI=1S/C11H17NO2S3/c1-6(2)12-10(13)8(16-7(3)4)9(11(12)14)17-15-5/h6-7H,1-5H3. The number of hydrogen-bond acceptors (Lipinski definition) is 5. The maximum Gasteiger partial charge on any atom is 0.269 e. The van der Waals surface area contributed by atoms with Gasteiger partial charge in [0.15, 0.2) is 0 Å². The average Bonchev–Trinajstić information content (AvgIpc) is 2.42. The van der Waals surface area contributed by atoms with Gasteiger partial charge in [-0.1, -0.05) is 35.4 Å². The third-order valence-corrected chi connectivity index (χ3v) is 5.00. The topological polar surface area (TPSA) is 37.4 Å². The summed E-state index contributed by atoms with van der Waals surface area (Å²) >= 11 is 1.48. The lowest BCUT2D eigenvalue weighted by Gasteiger charge is -2.19. The molecule has 17 heavy (non-hydrogen) atoms. The van der Waals surface area contributed by atoms with Crippen LogP contribution in [0, 0.1) is 0 Å². The van der Waals surface area contributed by atoms with E-state index in [0.29, 0.717) is 15.1 Å². The first-order chi connectivity index (χ1) is 7.90. The summed E-state index contributed by atoms with van der Waals surface area (Å²) in [6.45, 7) is 7.77. The zero-order valence-electron chi connectivity index (χ0n) is 10.6. The number of imide groups is 1. The zero-order valence-corrected chi connectivity index (χ0v) is 13.1. The van der Waals surface area contributed by atoms with E-state index in [4.69, 9.17) is 0 Å². The van der Waals surface area contributed by atoms with Crippen molar-refractivity contribution in [2.45, 2.75) is 39.0 Å². The van der Waals surface area contributed by atoms with Crippen LogP contribution in [0.3, 0.4) is 0 Å². The van der Waals surface area contributed by atoms with Gasteiger partial charge in [-0.15, -0.1) is 11.8 Å². The Labute approximate surface area is 115 Å². The van der Waals surface area contributed by atoms with E-state index in [9.17, 15) is 9.59 Å². The second-order valence-electron chi connectivity index (χ2n) is 4.15. The number of nitrogens with zero attached hydrogens (tertiary/aromatic N) is 1. The van der Waals surface area contributed by atoms with E-state index in [2.05, 4.69) is 0 Å². The summed E-state index contributed by atoms with van der Waals surface area (Å²) in [6, 6.07) is -0.0854. The van der Waals surface area contributed by atoms with E-state index in [1.807, 2.05) is 34.0 Å². The van der Waals surface area contributed by atoms with Gasteiger partial charge < -0.3 is 0 Å². The van der Waals surface area contributed by atoms with E-state index < -0.39 is 0 Å². The monoisotopic (exact) mass is 291 g/mol. The van der Waals surface area contributed by atoms with E-state index >= 15 is 0 Å². The predicted molar refractivity (Wildman–Crippen MR) is 77.8 cm³/mol. The smallest absolute Gasteiger partial charge is 0.269 e. The van der Waals surface area contributed by atoms with Crippen molar-refractivity contribution in [1.29, 1.82) is 0 Å². The van der Waals surface area contributed by atoms with Crippen molar-refractivity contribution in [1.82, 2.24) is 4.90 Å². The molecule has 0 aromatic heterocycles. The molecule has 0 aromatic rings. The van der Waals surface area contributed by atoms with Crippen LogP contribution in [-0.4, -0.2) is 34.3 Å². The van der Waals surface area contributed by atoms with Crippen LogP contribution in [-0.2, 0) is 9.59 Å². The molecule has 0 aliphatic carbocycles. The SMILES string of the molecule is CSSC1=C(SC(C)C)C(=O)N(C(C)C)C1=O. The van der Waals surface area contributed by atoms with Crippen molar-refractivity contribution in [2.24, 2.45) is 0 Å². The van der Waals surface area contributed by atoms with Crippen molar-refractivity contribution >= 4 is 45.2 Å². The number of rotatable bonds is 5. The molecule has 1 heterocycles. The van der Waals surface area contributed by atoms with Gasteiger partial charge in [-0.2, -0.15) is 0 Å². The van der Waals surface area contributed by atoms with Crippen molar-refractivity contribution in [3.63, 3.8) is 0 Å². The second kappa shape index (κ2) is 6.20. The second-order valence-corrected chi connectivity index (χ2v) is 8.14. The summed E-state index contributed by atoms with van der Waals surface area (Å²) in [4.78, 5) is 26.9. The zero-order chi connectivity index (χ0) is 13.2. The molecule has 96 valence electrons. The maximum absolute atomic E-state index is 12.2. The van der Waals surface area contributed by atoms with Gasteiger partial charge in [0.25, 0.3) is 11.8 Å². The normalized spacial score (nSPS) is 17.0. The first kappa shape index (κ1) is 15.0. The average molecular weight is 291 g/mol. The van der Waals surface area contributed by atoms with Gasteiger partial charge in [-0.05, 0) is 20.1 Å². The minimum atomic E-state index is -0.146. The fourth-order valence-electron chi connectivity index (χ4n) is 1.47. The summed E-state index contributed by atoms with van der Waals surface area (Å²) in [5, 5.41) is 0.298. The van der Waals surface area contributed by atoms with Crippen LogP contribution in [0.25, 0.3) is 0 Å². The van der Waals surface area contributed by atoms with Crippen LogP contribution in [0.5, 0.6) is 0 Å². The molecule has 0 saturated carbocycles. The first-order valence-corrected chi connectivity index (χ1v) is 8.83. The molecular formula is C11H17NO2S3. The molecule has 0 spiro atoms. The minimum Gasteiger partial charge on any atom is -0.271 e. The molecule has 6 heteroatoms. The van der Waals surface area contributed by atoms with E-state index in [1.54, 1.807) is 0 Å². The number of thioether (sulfide) groups is 1. The summed E-state index contributed by atoms with van der Waals surface area (Å²) in [6.07, 6.45) is 1.91. The van der Waals surface area contributed by atoms with Crippen LogP contribution in [0.1, 0.15) is 27.7 Å². The highest BCUT2D eigenvalue weighted by Gasteiger charge is 2.40. The van der Waals surface area contributed by atoms with E-state index in [0.717, 1.165) is 0 Å². The van der Waals surface area contributed by atoms with Gasteiger partial charge >= 0.3 is 0 Å². The van der Waals surface area contributed by atoms with Gasteiger partial charge in [-0.25, -0.2) is 0 Å². The van der Waals surface area contributed by atoms with Crippen LogP contribution >= 0.6 is 33.3 Å². The molecule has 2 amide bonds. The van der Waals surface area contributed by atoms with E-state index in [1.165, 1.54) is 38.2 Å². The molecule has 0 radical (unpaired) electrons. The van der Waals surface area contributed by atoms with Gasteiger partial charge in [0, 0.05) is 11.3 Å². The van der Waals surface area contributed by atoms with Gasteiger partial charge in [0.1, 0.15) is 4.91 Å². The van der Waals surface area contributed by atoms with Crippen molar-refractivity contribution in [3.05, 3.63) is 9.81 Å². The Hall–Kier alpha value is -0.0700. The Morgan fingerprint density at radius 2 is 1.53 bits per heavy atom. The summed E-state index contributed by atoms with van der Waals surface area (Å²) < 4.78 is 0. The van der Waals surface area contributed by atoms with Crippen molar-refractivity contribution < 1.29 is 9.59 Å². The number of carbonyl (C=O) groups is 2. The molecule has 0 aromatic carbocycles. The van der Waals surface area contributed by atoms with Gasteiger partial charge in [0.05, 0.1) is 4.91 Å². The molecular weight excluding hydrogens is 274 g/mol. The van der Waals surface area contributed by atoms with Gasteiger partial charge in [-0.3, -0.25) is 14.5 Å². The highest BCUT2D eigenvalue weighted by molar-refractivity contribution is 8.78. The lowest BCUT2D eigenvalue weighted by Crippen LogP contribution is -2.37. The molecule has 0 bridgehead atoms. The molecule has 1 rings (SSSR count). The number of amides is 2. The molecule has 3 nitrogen and oxygen atoms in total. The molecule has 1 aliphatic rings. The maximum atomic E-state index is 12.2. The Morgan fingerprint density at radius 1 is 1.00 bits per heavy atom. The molecule has 0 N–H and O–H groups in total. The number of hydrogen-bond donors (Lipinski definition) is 0. The third-order valence-electron chi connectivity index (χ3n) is 2.07. The predicted octanol–water partition coefficient (Wildman–Crippen LogP) is 3.13. The highest BCUT2D eigenvalue weighted by atomic mass is 33.1. The van der Waals surface area contributed by atoms with Crippen LogP contribution < -0.4 is 0 Å². The summed E-state index contributed by atoms with van der Waals surface area (Å²) in [7, 11) is 2.88. The van der Waals surface area contributed by atoms with Gasteiger partial charge in [0.2, 0.25) is 0 Å². The largest absolute Gasteiger partial charge is 0.271 e.